The molecule has 1 heterocycles. The lowest BCUT2D eigenvalue weighted by atomic mass is 10.0. The molecule has 1 aliphatic rings. The predicted octanol–water partition coefficient (Wildman–Crippen LogP) is 1.45. The normalized spacial score (nSPS) is 15.9. The summed E-state index contributed by atoms with van der Waals surface area (Å²) in [7, 11) is 3.05. The van der Waals surface area contributed by atoms with Gasteiger partial charge in [0.05, 0.1) is 5.69 Å². The second-order valence-corrected chi connectivity index (χ2v) is 3.11. The molecule has 0 unspecified atom stereocenters. The van der Waals surface area contributed by atoms with E-state index in [1.165, 1.54) is 11.3 Å². The zero-order valence-corrected chi connectivity index (χ0v) is 7.79. The van der Waals surface area contributed by atoms with E-state index in [2.05, 4.69) is 28.7 Å². The number of nitrogens with zero attached hydrogens (tertiary/aromatic N) is 1. The molecule has 2 rings (SSSR count). The molecule has 1 aliphatic heterocycles. The molecule has 0 saturated carbocycles. The van der Waals surface area contributed by atoms with Crippen LogP contribution in [-0.2, 0) is 10.9 Å². The van der Waals surface area contributed by atoms with Crippen LogP contribution in [0.15, 0.2) is 24.3 Å². The molecule has 0 spiro atoms. The van der Waals surface area contributed by atoms with Crippen LogP contribution in [0.3, 0.4) is 0 Å². The molecule has 0 aromatic heterocycles. The fourth-order valence-electron chi connectivity index (χ4n) is 1.59. The third-order valence-corrected chi connectivity index (χ3v) is 2.40. The highest BCUT2D eigenvalue weighted by molar-refractivity contribution is 5.98. The Hall–Kier alpha value is -0.803. The first kappa shape index (κ1) is 7.83. The Bertz CT molecular complexity index is 277. The summed E-state index contributed by atoms with van der Waals surface area (Å²) in [4.78, 5) is 0. The van der Waals surface area contributed by atoms with Crippen molar-refractivity contribution in [3.8, 4) is 0 Å². The van der Waals surface area contributed by atoms with E-state index in [9.17, 15) is 0 Å². The van der Waals surface area contributed by atoms with Gasteiger partial charge in [-0.05, 0) is 24.5 Å². The second kappa shape index (κ2) is 3.29. The van der Waals surface area contributed by atoms with Crippen LogP contribution in [0.2, 0.25) is 0 Å². The largest absolute Gasteiger partial charge is 0.322 e. The van der Waals surface area contributed by atoms with Crippen LogP contribution in [0, 0.1) is 0 Å². The van der Waals surface area contributed by atoms with Crippen LogP contribution in [0.1, 0.15) is 12.0 Å². The van der Waals surface area contributed by atoms with Gasteiger partial charge in [-0.3, -0.25) is 5.06 Å². The van der Waals surface area contributed by atoms with Gasteiger partial charge in [0.1, 0.15) is 0 Å². The maximum atomic E-state index is 5.06. The average molecular weight is 176 g/mol. The summed E-state index contributed by atoms with van der Waals surface area (Å²) in [6, 6.07) is 8.32. The molecule has 3 radical (unpaired) electrons. The fourth-order valence-corrected chi connectivity index (χ4v) is 1.78. The Balaban J connectivity index is 2.37. The van der Waals surface area contributed by atoms with Gasteiger partial charge in [0, 0.05) is 6.54 Å². The lowest BCUT2D eigenvalue weighted by Gasteiger charge is -2.28. The van der Waals surface area contributed by atoms with E-state index in [-0.39, 0.29) is 0 Å². The molecular formula is C9H10NOSi. The molecule has 0 atom stereocenters. The number of fused-ring (bicyclic) bond motifs is 1. The molecule has 1 aromatic carbocycles. The van der Waals surface area contributed by atoms with E-state index in [0.29, 0.717) is 0 Å². The molecule has 0 aliphatic carbocycles. The van der Waals surface area contributed by atoms with Crippen LogP contribution in [0.5, 0.6) is 0 Å². The number of aryl methyl sites for hydroxylation is 1. The molecule has 0 bridgehead atoms. The molecule has 61 valence electrons. The highest BCUT2D eigenvalue weighted by atomic mass is 28.2. The number of hydrogen-bond acceptors (Lipinski definition) is 2. The van der Waals surface area contributed by atoms with E-state index in [1.807, 2.05) is 11.1 Å². The summed E-state index contributed by atoms with van der Waals surface area (Å²) in [5.41, 5.74) is 2.54. The number of benzene rings is 1. The monoisotopic (exact) mass is 176 g/mol. The summed E-state index contributed by atoms with van der Waals surface area (Å²) in [6.07, 6.45) is 2.31. The molecule has 0 fully saturated rings. The molecule has 1 aromatic rings. The Labute approximate surface area is 75.6 Å². The third kappa shape index (κ3) is 1.25. The summed E-state index contributed by atoms with van der Waals surface area (Å²) < 4.78 is 5.06. The lowest BCUT2D eigenvalue weighted by Crippen LogP contribution is -2.28. The Morgan fingerprint density at radius 1 is 1.33 bits per heavy atom. The van der Waals surface area contributed by atoms with Crippen molar-refractivity contribution in [3.05, 3.63) is 29.8 Å². The van der Waals surface area contributed by atoms with Crippen molar-refractivity contribution < 1.29 is 4.53 Å². The number of hydroxylamine groups is 1. The van der Waals surface area contributed by atoms with E-state index < -0.39 is 0 Å². The highest BCUT2D eigenvalue weighted by Gasteiger charge is 2.14. The lowest BCUT2D eigenvalue weighted by molar-refractivity contribution is 0.296. The van der Waals surface area contributed by atoms with Crippen molar-refractivity contribution in [1.82, 2.24) is 0 Å². The van der Waals surface area contributed by atoms with E-state index >= 15 is 0 Å². The van der Waals surface area contributed by atoms with Crippen molar-refractivity contribution in [2.24, 2.45) is 0 Å². The van der Waals surface area contributed by atoms with Gasteiger partial charge < -0.3 is 4.53 Å². The number of para-hydroxylation sites is 1. The quantitative estimate of drug-likeness (QED) is 0.601. The topological polar surface area (TPSA) is 12.5 Å². The van der Waals surface area contributed by atoms with Gasteiger partial charge in [-0.25, -0.2) is 0 Å². The summed E-state index contributed by atoms with van der Waals surface area (Å²) in [6.45, 7) is 0.959. The van der Waals surface area contributed by atoms with Gasteiger partial charge in [0.15, 0.2) is 0 Å². The Morgan fingerprint density at radius 3 is 3.00 bits per heavy atom. The van der Waals surface area contributed by atoms with Crippen molar-refractivity contribution in [2.45, 2.75) is 12.8 Å². The first-order valence-electron chi connectivity index (χ1n) is 4.11. The van der Waals surface area contributed by atoms with Crippen molar-refractivity contribution in [2.75, 3.05) is 11.6 Å². The minimum absolute atomic E-state index is 0.959. The summed E-state index contributed by atoms with van der Waals surface area (Å²) in [5, 5.41) is 1.87. The maximum absolute atomic E-state index is 5.06. The molecule has 12 heavy (non-hydrogen) atoms. The molecule has 3 heteroatoms. The van der Waals surface area contributed by atoms with Gasteiger partial charge in [-0.15, -0.1) is 0 Å². The standard InChI is InChI=1S/C9H10NOSi/c12-11-10-7-3-5-8-4-1-2-6-9(8)10/h1-2,4,6H,3,5,7H2. The molecule has 0 N–H and O–H groups in total. The summed E-state index contributed by atoms with van der Waals surface area (Å²) in [5.74, 6) is 0. The SMILES string of the molecule is [Si]ON1CCCc2ccccc21. The van der Waals surface area contributed by atoms with E-state index in [0.717, 1.165) is 19.4 Å². The van der Waals surface area contributed by atoms with Crippen molar-refractivity contribution in [1.29, 1.82) is 0 Å². The Kier molecular flexibility index (Phi) is 2.14. The predicted molar refractivity (Wildman–Crippen MR) is 48.9 cm³/mol. The third-order valence-electron chi connectivity index (χ3n) is 2.18. The van der Waals surface area contributed by atoms with Gasteiger partial charge in [0.2, 0.25) is 0 Å². The average Bonchev–Trinajstić information content (AvgIpc) is 2.17. The van der Waals surface area contributed by atoms with E-state index in [1.54, 1.807) is 0 Å². The molecule has 0 amide bonds. The molecule has 0 saturated heterocycles. The van der Waals surface area contributed by atoms with Crippen LogP contribution in [0.25, 0.3) is 0 Å². The van der Waals surface area contributed by atoms with Crippen LogP contribution in [0.4, 0.5) is 5.69 Å². The van der Waals surface area contributed by atoms with Gasteiger partial charge >= 0.3 is 0 Å². The number of rotatable bonds is 1. The van der Waals surface area contributed by atoms with Crippen LogP contribution >= 0.6 is 0 Å². The number of hydrogen-bond donors (Lipinski definition) is 0. The molecule has 2 nitrogen and oxygen atoms in total. The first-order valence-corrected chi connectivity index (χ1v) is 4.52. The smallest absolute Gasteiger partial charge is 0.291 e. The Morgan fingerprint density at radius 2 is 2.17 bits per heavy atom. The zero-order valence-electron chi connectivity index (χ0n) is 6.79. The van der Waals surface area contributed by atoms with Crippen molar-refractivity contribution >= 4 is 16.2 Å². The maximum Gasteiger partial charge on any atom is 0.291 e. The minimum Gasteiger partial charge on any atom is -0.322 e. The van der Waals surface area contributed by atoms with Gasteiger partial charge in [-0.2, -0.15) is 0 Å². The minimum atomic E-state index is 0.959. The van der Waals surface area contributed by atoms with Crippen LogP contribution < -0.4 is 5.06 Å². The number of anilines is 1. The summed E-state index contributed by atoms with van der Waals surface area (Å²) >= 11 is 0. The highest BCUT2D eigenvalue weighted by Crippen LogP contribution is 2.25. The van der Waals surface area contributed by atoms with Gasteiger partial charge in [-0.1, -0.05) is 18.2 Å². The first-order chi connectivity index (χ1) is 5.92. The van der Waals surface area contributed by atoms with Gasteiger partial charge in [0.25, 0.3) is 10.5 Å². The molecular weight excluding hydrogens is 166 g/mol. The second-order valence-electron chi connectivity index (χ2n) is 2.93. The zero-order chi connectivity index (χ0) is 8.39. The van der Waals surface area contributed by atoms with Crippen LogP contribution in [-0.4, -0.2) is 17.0 Å². The van der Waals surface area contributed by atoms with Crippen molar-refractivity contribution in [3.63, 3.8) is 0 Å². The fraction of sp³-hybridized carbons (Fsp3) is 0.333. The van der Waals surface area contributed by atoms with E-state index in [4.69, 9.17) is 4.53 Å².